The molecule has 0 aromatic carbocycles. The highest BCUT2D eigenvalue weighted by molar-refractivity contribution is 5.09. The SMILES string of the molecule is C=C1CC[C@H](C(C)C)[C@@H](O)[C@@H]1O. The van der Waals surface area contributed by atoms with Crippen LogP contribution in [0.5, 0.6) is 0 Å². The third-order valence-corrected chi connectivity index (χ3v) is 2.84. The Bertz CT molecular complexity index is 175. The maximum atomic E-state index is 9.67. The summed E-state index contributed by atoms with van der Waals surface area (Å²) >= 11 is 0. The van der Waals surface area contributed by atoms with Gasteiger partial charge in [-0.2, -0.15) is 0 Å². The monoisotopic (exact) mass is 170 g/mol. The molecule has 2 N–H and O–H groups in total. The molecule has 3 atom stereocenters. The van der Waals surface area contributed by atoms with E-state index >= 15 is 0 Å². The minimum absolute atomic E-state index is 0.227. The molecule has 70 valence electrons. The van der Waals surface area contributed by atoms with Gasteiger partial charge in [0.15, 0.2) is 0 Å². The van der Waals surface area contributed by atoms with Gasteiger partial charge in [0.2, 0.25) is 0 Å². The van der Waals surface area contributed by atoms with Crippen molar-refractivity contribution in [1.29, 1.82) is 0 Å². The second-order valence-corrected chi connectivity index (χ2v) is 4.04. The van der Waals surface area contributed by atoms with Crippen LogP contribution in [0.3, 0.4) is 0 Å². The molecule has 1 aliphatic carbocycles. The molecule has 0 spiro atoms. The van der Waals surface area contributed by atoms with Crippen molar-refractivity contribution in [2.24, 2.45) is 11.8 Å². The first-order chi connectivity index (χ1) is 5.54. The molecular weight excluding hydrogens is 152 g/mol. The Hall–Kier alpha value is -0.340. The molecule has 1 fully saturated rings. The lowest BCUT2D eigenvalue weighted by Gasteiger charge is -2.35. The van der Waals surface area contributed by atoms with Crippen molar-refractivity contribution in [1.82, 2.24) is 0 Å². The van der Waals surface area contributed by atoms with E-state index in [4.69, 9.17) is 0 Å². The summed E-state index contributed by atoms with van der Waals surface area (Å²) in [6, 6.07) is 0. The van der Waals surface area contributed by atoms with Crippen LogP contribution in [-0.4, -0.2) is 22.4 Å². The van der Waals surface area contributed by atoms with E-state index < -0.39 is 12.2 Å². The molecule has 0 unspecified atom stereocenters. The van der Waals surface area contributed by atoms with E-state index in [-0.39, 0.29) is 5.92 Å². The molecule has 1 saturated carbocycles. The second kappa shape index (κ2) is 3.58. The lowest BCUT2D eigenvalue weighted by atomic mass is 9.76. The summed E-state index contributed by atoms with van der Waals surface area (Å²) in [7, 11) is 0. The van der Waals surface area contributed by atoms with Crippen molar-refractivity contribution in [3.8, 4) is 0 Å². The minimum atomic E-state index is -0.703. The van der Waals surface area contributed by atoms with Crippen molar-refractivity contribution < 1.29 is 10.2 Å². The Kier molecular flexibility index (Phi) is 2.91. The highest BCUT2D eigenvalue weighted by Crippen LogP contribution is 2.32. The van der Waals surface area contributed by atoms with Crippen molar-refractivity contribution in [2.45, 2.75) is 38.9 Å². The van der Waals surface area contributed by atoms with Gasteiger partial charge >= 0.3 is 0 Å². The van der Waals surface area contributed by atoms with Crippen LogP contribution in [0.15, 0.2) is 12.2 Å². The van der Waals surface area contributed by atoms with E-state index in [1.54, 1.807) is 0 Å². The van der Waals surface area contributed by atoms with Gasteiger partial charge in [0, 0.05) is 0 Å². The molecule has 0 aromatic heterocycles. The summed E-state index contributed by atoms with van der Waals surface area (Å²) in [5.41, 5.74) is 0.777. The van der Waals surface area contributed by atoms with Gasteiger partial charge in [0.05, 0.1) is 6.10 Å². The predicted octanol–water partition coefficient (Wildman–Crippen LogP) is 1.33. The average molecular weight is 170 g/mol. The summed E-state index contributed by atoms with van der Waals surface area (Å²) in [5.74, 6) is 0.660. The summed E-state index contributed by atoms with van der Waals surface area (Å²) < 4.78 is 0. The molecule has 1 aliphatic rings. The molecule has 0 heterocycles. The molecular formula is C10H18O2. The maximum Gasteiger partial charge on any atom is 0.101 e. The van der Waals surface area contributed by atoms with Crippen molar-refractivity contribution in [3.05, 3.63) is 12.2 Å². The first-order valence-electron chi connectivity index (χ1n) is 4.58. The fraction of sp³-hybridized carbons (Fsp3) is 0.800. The number of hydrogen-bond donors (Lipinski definition) is 2. The van der Waals surface area contributed by atoms with Gasteiger partial charge in [0.1, 0.15) is 6.10 Å². The third-order valence-electron chi connectivity index (χ3n) is 2.84. The third kappa shape index (κ3) is 1.70. The van der Waals surface area contributed by atoms with E-state index in [2.05, 4.69) is 20.4 Å². The van der Waals surface area contributed by atoms with Crippen LogP contribution in [0.25, 0.3) is 0 Å². The van der Waals surface area contributed by atoms with E-state index in [0.29, 0.717) is 5.92 Å². The molecule has 0 radical (unpaired) electrons. The van der Waals surface area contributed by atoms with Crippen LogP contribution in [0.4, 0.5) is 0 Å². The number of aliphatic hydroxyl groups excluding tert-OH is 2. The maximum absolute atomic E-state index is 9.67. The van der Waals surface area contributed by atoms with Crippen LogP contribution in [0, 0.1) is 11.8 Å². The van der Waals surface area contributed by atoms with Crippen LogP contribution >= 0.6 is 0 Å². The number of rotatable bonds is 1. The Morgan fingerprint density at radius 3 is 2.50 bits per heavy atom. The number of hydrogen-bond acceptors (Lipinski definition) is 2. The number of aliphatic hydroxyl groups is 2. The Balaban J connectivity index is 2.65. The summed E-state index contributed by atoms with van der Waals surface area (Å²) in [4.78, 5) is 0. The first-order valence-corrected chi connectivity index (χ1v) is 4.58. The van der Waals surface area contributed by atoms with Crippen LogP contribution in [-0.2, 0) is 0 Å². The van der Waals surface area contributed by atoms with Crippen molar-refractivity contribution in [2.75, 3.05) is 0 Å². The van der Waals surface area contributed by atoms with Crippen LogP contribution in [0.2, 0.25) is 0 Å². The molecule has 2 heteroatoms. The van der Waals surface area contributed by atoms with Gasteiger partial charge in [-0.1, -0.05) is 20.4 Å². The lowest BCUT2D eigenvalue weighted by Crippen LogP contribution is -2.40. The molecule has 0 aromatic rings. The fourth-order valence-electron chi connectivity index (χ4n) is 1.87. The summed E-state index contributed by atoms with van der Waals surface area (Å²) in [6.07, 6.45) is 0.493. The topological polar surface area (TPSA) is 40.5 Å². The van der Waals surface area contributed by atoms with E-state index in [0.717, 1.165) is 18.4 Å². The van der Waals surface area contributed by atoms with Crippen molar-refractivity contribution >= 4 is 0 Å². The largest absolute Gasteiger partial charge is 0.390 e. The average Bonchev–Trinajstić information content (AvgIpc) is 2.00. The molecule has 1 rings (SSSR count). The highest BCUT2D eigenvalue weighted by Gasteiger charge is 2.34. The highest BCUT2D eigenvalue weighted by atomic mass is 16.3. The predicted molar refractivity (Wildman–Crippen MR) is 48.7 cm³/mol. The van der Waals surface area contributed by atoms with Crippen molar-refractivity contribution in [3.63, 3.8) is 0 Å². The zero-order chi connectivity index (χ0) is 9.30. The molecule has 0 saturated heterocycles. The molecule has 12 heavy (non-hydrogen) atoms. The molecule has 2 nitrogen and oxygen atoms in total. The van der Waals surface area contributed by atoms with Gasteiger partial charge < -0.3 is 10.2 Å². The standard InChI is InChI=1S/C10H18O2/c1-6(2)8-5-4-7(3)9(11)10(8)12/h6,8-12H,3-5H2,1-2H3/t8-,9-,10-/m1/s1. The lowest BCUT2D eigenvalue weighted by molar-refractivity contribution is -0.0308. The molecule has 0 aliphatic heterocycles. The Labute approximate surface area is 73.9 Å². The van der Waals surface area contributed by atoms with Gasteiger partial charge in [-0.25, -0.2) is 0 Å². The minimum Gasteiger partial charge on any atom is -0.390 e. The molecule has 0 bridgehead atoms. The quantitative estimate of drug-likeness (QED) is 0.583. The fourth-order valence-corrected chi connectivity index (χ4v) is 1.87. The van der Waals surface area contributed by atoms with E-state index in [1.807, 2.05) is 0 Å². The van der Waals surface area contributed by atoms with Crippen LogP contribution in [0.1, 0.15) is 26.7 Å². The normalized spacial score (nSPS) is 37.4. The second-order valence-electron chi connectivity index (χ2n) is 4.04. The summed E-state index contributed by atoms with van der Waals surface area (Å²) in [5, 5.41) is 19.2. The van der Waals surface area contributed by atoms with Gasteiger partial charge in [0.25, 0.3) is 0 Å². The first kappa shape index (κ1) is 9.75. The van der Waals surface area contributed by atoms with Crippen LogP contribution < -0.4 is 0 Å². The van der Waals surface area contributed by atoms with Gasteiger partial charge in [-0.05, 0) is 30.3 Å². The zero-order valence-corrected chi connectivity index (χ0v) is 7.83. The Morgan fingerprint density at radius 1 is 1.42 bits per heavy atom. The Morgan fingerprint density at radius 2 is 2.00 bits per heavy atom. The van der Waals surface area contributed by atoms with Gasteiger partial charge in [-0.3, -0.25) is 0 Å². The molecule has 0 amide bonds. The zero-order valence-electron chi connectivity index (χ0n) is 7.83. The smallest absolute Gasteiger partial charge is 0.101 e. The van der Waals surface area contributed by atoms with E-state index in [1.165, 1.54) is 0 Å². The van der Waals surface area contributed by atoms with E-state index in [9.17, 15) is 10.2 Å². The van der Waals surface area contributed by atoms with Gasteiger partial charge in [-0.15, -0.1) is 0 Å². The summed E-state index contributed by atoms with van der Waals surface area (Å²) in [6.45, 7) is 7.89.